The first-order chi connectivity index (χ1) is 7.37. The Morgan fingerprint density at radius 3 is 2.00 bits per heavy atom. The summed E-state index contributed by atoms with van der Waals surface area (Å²) in [5.41, 5.74) is 3.58. The summed E-state index contributed by atoms with van der Waals surface area (Å²) in [5, 5.41) is 2.57. The largest absolute Gasteiger partial charge is 1.00 e. The van der Waals surface area contributed by atoms with Crippen LogP contribution in [-0.2, 0) is 18.4 Å². The molecule has 0 aromatic carbocycles. The van der Waals surface area contributed by atoms with E-state index in [9.17, 15) is 9.36 Å². The Hall–Kier alpha value is -0.130. The van der Waals surface area contributed by atoms with Gasteiger partial charge in [-0.2, -0.15) is 0 Å². The van der Waals surface area contributed by atoms with Crippen molar-refractivity contribution in [2.75, 3.05) is 13.2 Å². The monoisotopic (exact) mass is 288 g/mol. The summed E-state index contributed by atoms with van der Waals surface area (Å²) >= 11 is 0. The van der Waals surface area contributed by atoms with Crippen molar-refractivity contribution in [3.8, 4) is 0 Å². The molecule has 0 fully saturated rings. The number of hydrogen-bond donors (Lipinski definition) is 2. The summed E-state index contributed by atoms with van der Waals surface area (Å²) in [6.07, 6.45) is 0. The predicted molar refractivity (Wildman–Crippen MR) is 60.8 cm³/mol. The SMILES string of the molecule is CCOP(=O)(OCC)[C@H](C)NC(=O)[C@H](C)[NH3+].[Cl-]. The molecule has 0 rings (SSSR count). The first-order valence-electron chi connectivity index (χ1n) is 5.39. The molecule has 2 atom stereocenters. The number of quaternary nitrogens is 1. The maximum atomic E-state index is 12.2. The van der Waals surface area contributed by atoms with Crippen molar-refractivity contribution in [3.05, 3.63) is 0 Å². The zero-order valence-corrected chi connectivity index (χ0v) is 12.4. The topological polar surface area (TPSA) is 92.3 Å². The van der Waals surface area contributed by atoms with Crippen molar-refractivity contribution in [2.45, 2.75) is 39.5 Å². The minimum absolute atomic E-state index is 0. The first kappa shape index (κ1) is 19.2. The third-order valence-corrected chi connectivity index (χ3v) is 4.21. The number of amides is 1. The van der Waals surface area contributed by atoms with Gasteiger partial charge in [-0.25, -0.2) is 0 Å². The lowest BCUT2D eigenvalue weighted by Gasteiger charge is -2.24. The third kappa shape index (κ3) is 6.38. The highest BCUT2D eigenvalue weighted by molar-refractivity contribution is 7.54. The Bertz CT molecular complexity index is 266. The zero-order chi connectivity index (χ0) is 12.8. The Balaban J connectivity index is 0. The van der Waals surface area contributed by atoms with Gasteiger partial charge < -0.3 is 32.5 Å². The van der Waals surface area contributed by atoms with E-state index in [1.54, 1.807) is 27.7 Å². The van der Waals surface area contributed by atoms with Crippen LogP contribution in [-0.4, -0.2) is 30.9 Å². The quantitative estimate of drug-likeness (QED) is 0.501. The fraction of sp³-hybridized carbons (Fsp3) is 0.889. The molecule has 0 saturated heterocycles. The summed E-state index contributed by atoms with van der Waals surface area (Å²) in [6.45, 7) is 7.27. The van der Waals surface area contributed by atoms with E-state index in [2.05, 4.69) is 11.1 Å². The Labute approximate surface area is 109 Å². The molecule has 104 valence electrons. The molecule has 0 aliphatic carbocycles. The molecule has 0 aliphatic rings. The predicted octanol–water partition coefficient (Wildman–Crippen LogP) is -2.65. The van der Waals surface area contributed by atoms with Crippen LogP contribution in [0.5, 0.6) is 0 Å². The van der Waals surface area contributed by atoms with Crippen LogP contribution < -0.4 is 23.5 Å². The summed E-state index contributed by atoms with van der Waals surface area (Å²) in [7, 11) is -3.26. The number of nitrogens with one attached hydrogen (secondary N) is 1. The van der Waals surface area contributed by atoms with Crippen molar-refractivity contribution in [1.29, 1.82) is 0 Å². The molecular formula is C9H22ClN2O4P. The van der Waals surface area contributed by atoms with Crippen LogP contribution in [0.3, 0.4) is 0 Å². The van der Waals surface area contributed by atoms with Crippen LogP contribution in [0.25, 0.3) is 0 Å². The average molecular weight is 289 g/mol. The molecule has 0 heterocycles. The van der Waals surface area contributed by atoms with Gasteiger partial charge >= 0.3 is 7.60 Å². The van der Waals surface area contributed by atoms with E-state index in [0.29, 0.717) is 0 Å². The summed E-state index contributed by atoms with van der Waals surface area (Å²) in [5.74, 6) is -0.934. The number of carbonyl (C=O) groups excluding carboxylic acids is 1. The highest BCUT2D eigenvalue weighted by Crippen LogP contribution is 2.51. The van der Waals surface area contributed by atoms with Gasteiger partial charge in [0.05, 0.1) is 13.2 Å². The van der Waals surface area contributed by atoms with E-state index >= 15 is 0 Å². The second kappa shape index (κ2) is 8.89. The van der Waals surface area contributed by atoms with Crippen LogP contribution in [0.2, 0.25) is 0 Å². The first-order valence-corrected chi connectivity index (χ1v) is 7.00. The lowest BCUT2D eigenvalue weighted by Crippen LogP contribution is -3.00. The molecule has 0 aromatic heterocycles. The second-order valence-electron chi connectivity index (χ2n) is 3.46. The van der Waals surface area contributed by atoms with E-state index in [-0.39, 0.29) is 31.5 Å². The number of hydrogen-bond acceptors (Lipinski definition) is 4. The van der Waals surface area contributed by atoms with E-state index in [4.69, 9.17) is 9.05 Å². The van der Waals surface area contributed by atoms with Crippen molar-refractivity contribution < 1.29 is 36.5 Å². The standard InChI is InChI=1S/C9H21N2O4P.ClH/c1-5-14-16(13,15-6-2)8(4)11-9(12)7(3)10;/h7-8H,5-6,10H2,1-4H3,(H,11,12);1H/t7-,8+;/m0./s1. The van der Waals surface area contributed by atoms with Crippen LogP contribution >= 0.6 is 7.60 Å². The van der Waals surface area contributed by atoms with Crippen LogP contribution in [0, 0.1) is 0 Å². The number of carbonyl (C=O) groups is 1. The molecule has 0 radical (unpaired) electrons. The second-order valence-corrected chi connectivity index (χ2v) is 5.83. The Morgan fingerprint density at radius 1 is 1.29 bits per heavy atom. The Kier molecular flexibility index (Phi) is 10.0. The van der Waals surface area contributed by atoms with Crippen LogP contribution in [0.1, 0.15) is 27.7 Å². The fourth-order valence-corrected chi connectivity index (χ4v) is 2.57. The molecule has 1 amide bonds. The third-order valence-electron chi connectivity index (χ3n) is 1.89. The molecule has 0 saturated carbocycles. The molecular weight excluding hydrogens is 267 g/mol. The van der Waals surface area contributed by atoms with E-state index < -0.39 is 19.4 Å². The van der Waals surface area contributed by atoms with Gasteiger partial charge in [-0.15, -0.1) is 0 Å². The molecule has 0 aromatic rings. The Morgan fingerprint density at radius 2 is 1.71 bits per heavy atom. The van der Waals surface area contributed by atoms with E-state index in [0.717, 1.165) is 0 Å². The van der Waals surface area contributed by atoms with Crippen LogP contribution in [0.4, 0.5) is 0 Å². The average Bonchev–Trinajstić information content (AvgIpc) is 2.18. The van der Waals surface area contributed by atoms with Crippen LogP contribution in [0.15, 0.2) is 0 Å². The summed E-state index contributed by atoms with van der Waals surface area (Å²) in [4.78, 5) is 11.4. The molecule has 0 aliphatic heterocycles. The van der Waals surface area contributed by atoms with Crippen molar-refractivity contribution in [3.63, 3.8) is 0 Å². The van der Waals surface area contributed by atoms with Crippen molar-refractivity contribution in [1.82, 2.24) is 5.32 Å². The molecule has 8 heteroatoms. The lowest BCUT2D eigenvalue weighted by molar-refractivity contribution is -0.398. The maximum absolute atomic E-state index is 12.2. The van der Waals surface area contributed by atoms with Gasteiger partial charge in [-0.05, 0) is 27.7 Å². The molecule has 6 nitrogen and oxygen atoms in total. The molecule has 17 heavy (non-hydrogen) atoms. The van der Waals surface area contributed by atoms with Gasteiger partial charge in [0.25, 0.3) is 5.91 Å². The summed E-state index contributed by atoms with van der Waals surface area (Å²) in [6, 6.07) is -0.404. The molecule has 0 bridgehead atoms. The smallest absolute Gasteiger partial charge is 0.352 e. The van der Waals surface area contributed by atoms with Gasteiger partial charge in [0.1, 0.15) is 5.78 Å². The highest BCUT2D eigenvalue weighted by atomic mass is 35.5. The lowest BCUT2D eigenvalue weighted by atomic mass is 10.3. The molecule has 0 unspecified atom stereocenters. The van der Waals surface area contributed by atoms with Gasteiger partial charge in [0.2, 0.25) is 0 Å². The molecule has 4 N–H and O–H groups in total. The van der Waals surface area contributed by atoms with Gasteiger partial charge in [0.15, 0.2) is 6.04 Å². The summed E-state index contributed by atoms with van der Waals surface area (Å²) < 4.78 is 22.4. The molecule has 0 spiro atoms. The minimum atomic E-state index is -3.26. The van der Waals surface area contributed by atoms with Gasteiger partial charge in [0, 0.05) is 0 Å². The van der Waals surface area contributed by atoms with Gasteiger partial charge in [-0.3, -0.25) is 9.36 Å². The minimum Gasteiger partial charge on any atom is -1.00 e. The zero-order valence-electron chi connectivity index (χ0n) is 10.7. The maximum Gasteiger partial charge on any atom is 0.352 e. The van der Waals surface area contributed by atoms with E-state index in [1.165, 1.54) is 0 Å². The van der Waals surface area contributed by atoms with Gasteiger partial charge in [-0.1, -0.05) is 0 Å². The normalized spacial score (nSPS) is 14.6. The highest BCUT2D eigenvalue weighted by Gasteiger charge is 2.33. The van der Waals surface area contributed by atoms with Crippen molar-refractivity contribution in [2.24, 2.45) is 0 Å². The number of halogens is 1. The van der Waals surface area contributed by atoms with Crippen molar-refractivity contribution >= 4 is 13.5 Å². The van der Waals surface area contributed by atoms with E-state index in [1.807, 2.05) is 0 Å². The number of rotatable bonds is 7. The fourth-order valence-electron chi connectivity index (χ4n) is 1.05.